The number of guanidine groups is 1. The van der Waals surface area contributed by atoms with E-state index in [1.807, 2.05) is 0 Å². The lowest BCUT2D eigenvalue weighted by Gasteiger charge is -2.38. The van der Waals surface area contributed by atoms with E-state index < -0.39 is 0 Å². The number of hydrogen-bond acceptors (Lipinski definition) is 2. The van der Waals surface area contributed by atoms with Gasteiger partial charge in [0.1, 0.15) is 11.9 Å². The van der Waals surface area contributed by atoms with Gasteiger partial charge in [-0.05, 0) is 30.5 Å². The third-order valence-corrected chi connectivity index (χ3v) is 3.68. The third-order valence-electron chi connectivity index (χ3n) is 3.68. The minimum Gasteiger partial charge on any atom is -0.367 e. The van der Waals surface area contributed by atoms with Gasteiger partial charge in [0.25, 0.3) is 0 Å². The molecule has 2 unspecified atom stereocenters. The minimum atomic E-state index is -0.223. The van der Waals surface area contributed by atoms with Gasteiger partial charge in [0.15, 0.2) is 5.96 Å². The molecule has 5 heteroatoms. The molecule has 0 aliphatic carbocycles. The first-order valence-electron chi connectivity index (χ1n) is 7.86. The summed E-state index contributed by atoms with van der Waals surface area (Å²) in [6, 6.07) is 6.54. The molecule has 0 bridgehead atoms. The molecule has 1 fully saturated rings. The van der Waals surface area contributed by atoms with Gasteiger partial charge in [-0.2, -0.15) is 0 Å². The van der Waals surface area contributed by atoms with Gasteiger partial charge in [0.05, 0.1) is 12.6 Å². The average molecular weight is 307 g/mol. The van der Waals surface area contributed by atoms with Gasteiger partial charge in [-0.3, -0.25) is 4.99 Å². The van der Waals surface area contributed by atoms with Crippen molar-refractivity contribution in [3.8, 4) is 0 Å². The Morgan fingerprint density at radius 3 is 2.64 bits per heavy atom. The first-order valence-corrected chi connectivity index (χ1v) is 7.86. The molecule has 1 heterocycles. The van der Waals surface area contributed by atoms with Crippen molar-refractivity contribution in [2.45, 2.75) is 33.0 Å². The Labute approximate surface area is 132 Å². The molecule has 1 N–H and O–H groups in total. The molecule has 1 saturated heterocycles. The van der Waals surface area contributed by atoms with Crippen molar-refractivity contribution in [1.82, 2.24) is 10.2 Å². The van der Waals surface area contributed by atoms with Crippen LogP contribution in [0, 0.1) is 11.7 Å². The van der Waals surface area contributed by atoms with E-state index in [9.17, 15) is 4.39 Å². The number of nitrogens with zero attached hydrogens (tertiary/aromatic N) is 2. The maximum Gasteiger partial charge on any atom is 0.193 e. The summed E-state index contributed by atoms with van der Waals surface area (Å²) in [6.07, 6.45) is 0.0309. The topological polar surface area (TPSA) is 36.9 Å². The fourth-order valence-electron chi connectivity index (χ4n) is 2.61. The van der Waals surface area contributed by atoms with Gasteiger partial charge >= 0.3 is 0 Å². The molecule has 2 atom stereocenters. The number of nitrogens with one attached hydrogen (secondary N) is 1. The quantitative estimate of drug-likeness (QED) is 0.689. The molecule has 1 aromatic carbocycles. The van der Waals surface area contributed by atoms with Crippen LogP contribution in [-0.2, 0) is 4.74 Å². The Morgan fingerprint density at radius 2 is 2.05 bits per heavy atom. The lowest BCUT2D eigenvalue weighted by atomic mass is 10.1. The lowest BCUT2D eigenvalue weighted by molar-refractivity contribution is -0.0605. The van der Waals surface area contributed by atoms with Crippen LogP contribution in [0.15, 0.2) is 29.3 Å². The highest BCUT2D eigenvalue weighted by Crippen LogP contribution is 2.25. The van der Waals surface area contributed by atoms with Gasteiger partial charge in [-0.1, -0.05) is 26.0 Å². The van der Waals surface area contributed by atoms with Crippen LogP contribution in [0.2, 0.25) is 0 Å². The number of hydrogen-bond donors (Lipinski definition) is 1. The number of morpholine rings is 1. The summed E-state index contributed by atoms with van der Waals surface area (Å²) >= 11 is 0. The smallest absolute Gasteiger partial charge is 0.193 e. The van der Waals surface area contributed by atoms with Crippen molar-refractivity contribution in [2.24, 2.45) is 10.9 Å². The van der Waals surface area contributed by atoms with Crippen LogP contribution in [0.5, 0.6) is 0 Å². The second-order valence-corrected chi connectivity index (χ2v) is 6.21. The van der Waals surface area contributed by atoms with E-state index in [1.54, 1.807) is 19.2 Å². The molecule has 1 aromatic rings. The molecule has 22 heavy (non-hydrogen) atoms. The average Bonchev–Trinajstić information content (AvgIpc) is 2.47. The van der Waals surface area contributed by atoms with Crippen LogP contribution in [-0.4, -0.2) is 43.6 Å². The van der Waals surface area contributed by atoms with Crippen molar-refractivity contribution in [3.63, 3.8) is 0 Å². The number of rotatable bonds is 3. The molecule has 2 rings (SSSR count). The zero-order chi connectivity index (χ0) is 16.1. The first kappa shape index (κ1) is 16.7. The maximum atomic E-state index is 13.1. The molecule has 4 nitrogen and oxygen atoms in total. The summed E-state index contributed by atoms with van der Waals surface area (Å²) in [4.78, 5) is 6.59. The Balaban J connectivity index is 2.08. The van der Waals surface area contributed by atoms with Crippen molar-refractivity contribution in [3.05, 3.63) is 35.6 Å². The minimum absolute atomic E-state index is 0.0676. The molecule has 1 aliphatic rings. The standard InChI is InChI=1S/C17H26FN3O/c1-12(2)9-20-17(19-4)21-10-13(3)22-16(11-21)14-5-7-15(18)8-6-14/h5-8,12-13,16H,9-11H2,1-4H3,(H,19,20). The normalized spacial score (nSPS) is 23.0. The Kier molecular flexibility index (Phi) is 5.77. The van der Waals surface area contributed by atoms with Crippen LogP contribution in [0.1, 0.15) is 32.4 Å². The summed E-state index contributed by atoms with van der Waals surface area (Å²) in [7, 11) is 1.80. The van der Waals surface area contributed by atoms with Crippen molar-refractivity contribution >= 4 is 5.96 Å². The molecule has 122 valence electrons. The number of aliphatic imine (C=N–C) groups is 1. The first-order chi connectivity index (χ1) is 10.5. The van der Waals surface area contributed by atoms with E-state index in [-0.39, 0.29) is 18.0 Å². The lowest BCUT2D eigenvalue weighted by Crippen LogP contribution is -2.51. The summed E-state index contributed by atoms with van der Waals surface area (Å²) in [5.41, 5.74) is 0.997. The fourth-order valence-corrected chi connectivity index (χ4v) is 2.61. The summed E-state index contributed by atoms with van der Waals surface area (Å²) in [6.45, 7) is 8.80. The van der Waals surface area contributed by atoms with Gasteiger partial charge in [0, 0.05) is 20.1 Å². The van der Waals surface area contributed by atoms with Crippen molar-refractivity contribution in [2.75, 3.05) is 26.7 Å². The number of benzene rings is 1. The van der Waals surface area contributed by atoms with E-state index in [2.05, 4.69) is 36.0 Å². The fraction of sp³-hybridized carbons (Fsp3) is 0.588. The van der Waals surface area contributed by atoms with Gasteiger partial charge in [-0.25, -0.2) is 4.39 Å². The maximum absolute atomic E-state index is 13.1. The number of ether oxygens (including phenoxy) is 1. The van der Waals surface area contributed by atoms with E-state index in [4.69, 9.17) is 4.74 Å². The second-order valence-electron chi connectivity index (χ2n) is 6.21. The van der Waals surface area contributed by atoms with E-state index in [0.717, 1.165) is 24.6 Å². The van der Waals surface area contributed by atoms with Crippen LogP contribution in [0.25, 0.3) is 0 Å². The molecule has 0 radical (unpaired) electrons. The largest absolute Gasteiger partial charge is 0.367 e. The zero-order valence-electron chi connectivity index (χ0n) is 13.8. The van der Waals surface area contributed by atoms with E-state index in [0.29, 0.717) is 12.5 Å². The molecule has 0 saturated carbocycles. The van der Waals surface area contributed by atoms with Gasteiger partial charge in [0.2, 0.25) is 0 Å². The van der Waals surface area contributed by atoms with E-state index >= 15 is 0 Å². The summed E-state index contributed by atoms with van der Waals surface area (Å²) in [5, 5.41) is 3.40. The molecular weight excluding hydrogens is 281 g/mol. The predicted octanol–water partition coefficient (Wildman–Crippen LogP) is 2.82. The SMILES string of the molecule is CN=C(NCC(C)C)N1CC(C)OC(c2ccc(F)cc2)C1. The second kappa shape index (κ2) is 7.58. The monoisotopic (exact) mass is 307 g/mol. The van der Waals surface area contributed by atoms with Crippen LogP contribution < -0.4 is 5.32 Å². The summed E-state index contributed by atoms with van der Waals surface area (Å²) < 4.78 is 19.1. The molecule has 0 spiro atoms. The third kappa shape index (κ3) is 4.44. The highest BCUT2D eigenvalue weighted by molar-refractivity contribution is 5.80. The van der Waals surface area contributed by atoms with Crippen molar-refractivity contribution < 1.29 is 9.13 Å². The Bertz CT molecular complexity index is 501. The molecular formula is C17H26FN3O. The molecule has 1 aliphatic heterocycles. The highest BCUT2D eigenvalue weighted by Gasteiger charge is 2.28. The summed E-state index contributed by atoms with van der Waals surface area (Å²) in [5.74, 6) is 1.23. The molecule has 0 aromatic heterocycles. The van der Waals surface area contributed by atoms with Crippen LogP contribution >= 0.6 is 0 Å². The highest BCUT2D eigenvalue weighted by atomic mass is 19.1. The van der Waals surface area contributed by atoms with Crippen LogP contribution in [0.3, 0.4) is 0 Å². The number of halogens is 1. The van der Waals surface area contributed by atoms with Gasteiger partial charge < -0.3 is 15.0 Å². The Hall–Kier alpha value is -1.62. The molecule has 0 amide bonds. The zero-order valence-corrected chi connectivity index (χ0v) is 13.8. The predicted molar refractivity (Wildman–Crippen MR) is 87.5 cm³/mol. The van der Waals surface area contributed by atoms with E-state index in [1.165, 1.54) is 12.1 Å². The van der Waals surface area contributed by atoms with Gasteiger partial charge in [-0.15, -0.1) is 0 Å². The van der Waals surface area contributed by atoms with Crippen LogP contribution in [0.4, 0.5) is 4.39 Å². The Morgan fingerprint density at radius 1 is 1.36 bits per heavy atom. The van der Waals surface area contributed by atoms with Crippen molar-refractivity contribution in [1.29, 1.82) is 0 Å².